The van der Waals surface area contributed by atoms with E-state index in [1.807, 2.05) is 0 Å². The van der Waals surface area contributed by atoms with E-state index in [0.29, 0.717) is 10.6 Å². The molecule has 0 unspecified atom stereocenters. The molecule has 0 aromatic heterocycles. The van der Waals surface area contributed by atoms with Crippen molar-refractivity contribution < 1.29 is 13.6 Å². The third-order valence-corrected chi connectivity index (χ3v) is 2.69. The maximum atomic E-state index is 13.3. The molecule has 2 aromatic rings. The molecule has 97 valence electrons. The van der Waals surface area contributed by atoms with E-state index in [-0.39, 0.29) is 12.2 Å². The third kappa shape index (κ3) is 3.51. The van der Waals surface area contributed by atoms with E-state index in [1.165, 1.54) is 12.1 Å². The van der Waals surface area contributed by atoms with E-state index in [2.05, 4.69) is 11.4 Å². The summed E-state index contributed by atoms with van der Waals surface area (Å²) in [7, 11) is 0. The number of hydrogen-bond acceptors (Lipinski definition) is 2. The predicted molar refractivity (Wildman–Crippen MR) is 69.1 cm³/mol. The summed E-state index contributed by atoms with van der Waals surface area (Å²) in [6.45, 7) is -0.180. The van der Waals surface area contributed by atoms with Gasteiger partial charge in [0.25, 0.3) is 0 Å². The van der Waals surface area contributed by atoms with Crippen LogP contribution in [-0.4, -0.2) is 6.21 Å². The summed E-state index contributed by atoms with van der Waals surface area (Å²) in [5.74, 6) is -1.85. The molecule has 2 aromatic carbocycles. The second kappa shape index (κ2) is 6.29. The minimum Gasteiger partial charge on any atom is -0.390 e. The molecule has 5 heteroatoms. The molecule has 0 saturated heterocycles. The Kier molecular flexibility index (Phi) is 4.47. The van der Waals surface area contributed by atoms with Crippen molar-refractivity contribution in [2.24, 2.45) is 5.16 Å². The monoisotopic (exact) mass is 280 g/mol. The van der Waals surface area contributed by atoms with Crippen LogP contribution in [0.2, 0.25) is 5.02 Å². The van der Waals surface area contributed by atoms with Crippen LogP contribution in [0.25, 0.3) is 0 Å². The Morgan fingerprint density at radius 3 is 2.68 bits per heavy atom. The summed E-state index contributed by atoms with van der Waals surface area (Å²) in [5, 5.41) is 4.02. The highest BCUT2D eigenvalue weighted by atomic mass is 35.5. The molecule has 0 amide bonds. The molecule has 0 aliphatic carbocycles. The number of rotatable bonds is 4. The zero-order valence-electron chi connectivity index (χ0n) is 9.74. The predicted octanol–water partition coefficient (Wildman–Crippen LogP) is 4.05. The van der Waals surface area contributed by atoms with Crippen LogP contribution in [0.1, 0.15) is 11.1 Å². The molecule has 0 fully saturated rings. The highest BCUT2D eigenvalue weighted by molar-refractivity contribution is 6.33. The lowest BCUT2D eigenvalue weighted by Crippen LogP contribution is -1.95. The average molecular weight is 281 g/mol. The van der Waals surface area contributed by atoms with Crippen molar-refractivity contribution >= 4 is 17.8 Å². The number of hydrogen-bond donors (Lipinski definition) is 0. The maximum Gasteiger partial charge on any atom is 0.165 e. The Morgan fingerprint density at radius 1 is 1.11 bits per heavy atom. The van der Waals surface area contributed by atoms with Gasteiger partial charge in [0.15, 0.2) is 11.6 Å². The van der Waals surface area contributed by atoms with E-state index < -0.39 is 11.6 Å². The quantitative estimate of drug-likeness (QED) is 0.612. The molecule has 0 aliphatic heterocycles. The molecule has 0 spiro atoms. The lowest BCUT2D eigenvalue weighted by atomic mass is 10.2. The molecule has 0 N–H and O–H groups in total. The maximum absolute atomic E-state index is 13.3. The largest absolute Gasteiger partial charge is 0.390 e. The van der Waals surface area contributed by atoms with Crippen LogP contribution in [0.3, 0.4) is 0 Å². The minimum absolute atomic E-state index is 0.0877. The van der Waals surface area contributed by atoms with Crippen molar-refractivity contribution in [3.63, 3.8) is 0 Å². The first-order valence-electron chi connectivity index (χ1n) is 5.44. The van der Waals surface area contributed by atoms with E-state index >= 15 is 0 Å². The highest BCUT2D eigenvalue weighted by Gasteiger charge is 2.07. The van der Waals surface area contributed by atoms with Gasteiger partial charge >= 0.3 is 0 Å². The van der Waals surface area contributed by atoms with Gasteiger partial charge in [0.2, 0.25) is 0 Å². The minimum atomic E-state index is -0.935. The summed E-state index contributed by atoms with van der Waals surface area (Å²) in [6, 6.07) is 10.8. The average Bonchev–Trinajstić information content (AvgIpc) is 2.41. The fraction of sp³-hybridized carbons (Fsp3) is 0.0714. The van der Waals surface area contributed by atoms with Gasteiger partial charge in [0, 0.05) is 11.1 Å². The smallest absolute Gasteiger partial charge is 0.165 e. The van der Waals surface area contributed by atoms with Crippen molar-refractivity contribution in [2.45, 2.75) is 6.61 Å². The zero-order valence-corrected chi connectivity index (χ0v) is 10.5. The molecular formula is C14H9ClF2NO. The van der Waals surface area contributed by atoms with Crippen molar-refractivity contribution in [2.75, 3.05) is 0 Å². The Morgan fingerprint density at radius 2 is 1.89 bits per heavy atom. The summed E-state index contributed by atoms with van der Waals surface area (Å²) in [5.41, 5.74) is 0.647. The molecule has 1 radical (unpaired) electrons. The van der Waals surface area contributed by atoms with E-state index in [4.69, 9.17) is 16.4 Å². The van der Waals surface area contributed by atoms with Crippen LogP contribution in [0.5, 0.6) is 0 Å². The van der Waals surface area contributed by atoms with Crippen molar-refractivity contribution in [3.8, 4) is 0 Å². The molecule has 0 saturated carbocycles. The molecule has 2 nitrogen and oxygen atoms in total. The van der Waals surface area contributed by atoms with Crippen LogP contribution < -0.4 is 0 Å². The lowest BCUT2D eigenvalue weighted by molar-refractivity contribution is 0.129. The Hall–Kier alpha value is -1.94. The van der Waals surface area contributed by atoms with Gasteiger partial charge in [-0.05, 0) is 12.1 Å². The Labute approximate surface area is 114 Å². The topological polar surface area (TPSA) is 21.6 Å². The summed E-state index contributed by atoms with van der Waals surface area (Å²) in [6.07, 6.45) is 2.57. The normalized spacial score (nSPS) is 10.9. The summed E-state index contributed by atoms with van der Waals surface area (Å²) in [4.78, 5) is 4.86. The van der Waals surface area contributed by atoms with Gasteiger partial charge < -0.3 is 4.84 Å². The van der Waals surface area contributed by atoms with Crippen molar-refractivity contribution in [1.29, 1.82) is 0 Å². The van der Waals surface area contributed by atoms with Gasteiger partial charge in [-0.3, -0.25) is 0 Å². The lowest BCUT2D eigenvalue weighted by Gasteiger charge is -2.02. The zero-order chi connectivity index (χ0) is 13.7. The standard InChI is InChI=1S/C14H9ClF2NO/c15-12-6-2-1-4-10(12)8-18-19-9-11-5-3-7-13(16)14(11)17/h1-7H,9H2. The second-order valence-electron chi connectivity index (χ2n) is 3.67. The fourth-order valence-corrected chi connectivity index (χ4v) is 1.57. The van der Waals surface area contributed by atoms with E-state index in [9.17, 15) is 8.78 Å². The van der Waals surface area contributed by atoms with Crippen molar-refractivity contribution in [3.05, 3.63) is 70.2 Å². The first kappa shape index (κ1) is 13.5. The molecule has 19 heavy (non-hydrogen) atoms. The number of benzene rings is 2. The molecule has 2 rings (SSSR count). The molecule has 0 bridgehead atoms. The highest BCUT2D eigenvalue weighted by Crippen LogP contribution is 2.14. The third-order valence-electron chi connectivity index (χ3n) is 2.36. The first-order valence-corrected chi connectivity index (χ1v) is 5.81. The van der Waals surface area contributed by atoms with Gasteiger partial charge in [-0.25, -0.2) is 8.78 Å². The number of nitrogens with zero attached hydrogens (tertiary/aromatic N) is 1. The van der Waals surface area contributed by atoms with Crippen molar-refractivity contribution in [1.82, 2.24) is 0 Å². The SMILES string of the molecule is Fc1cccc(CO/N=[C]\c2ccccc2Cl)c1F. The summed E-state index contributed by atoms with van der Waals surface area (Å²) >= 11 is 5.88. The molecule has 0 aliphatic rings. The molecule has 0 heterocycles. The first-order chi connectivity index (χ1) is 9.18. The van der Waals surface area contributed by atoms with Crippen LogP contribution in [-0.2, 0) is 11.4 Å². The van der Waals surface area contributed by atoms with E-state index in [0.717, 1.165) is 6.07 Å². The van der Waals surface area contributed by atoms with Gasteiger partial charge in [-0.2, -0.15) is 0 Å². The Bertz CT molecular complexity index is 602. The van der Waals surface area contributed by atoms with Crippen LogP contribution in [0.4, 0.5) is 8.78 Å². The molecular weight excluding hydrogens is 272 g/mol. The van der Waals surface area contributed by atoms with Gasteiger partial charge in [0.1, 0.15) is 12.8 Å². The van der Waals surface area contributed by atoms with Crippen LogP contribution >= 0.6 is 11.6 Å². The van der Waals surface area contributed by atoms with Gasteiger partial charge in [-0.1, -0.05) is 47.1 Å². The van der Waals surface area contributed by atoms with Gasteiger partial charge in [0.05, 0.1) is 5.02 Å². The fourth-order valence-electron chi connectivity index (χ4n) is 1.40. The number of halogens is 3. The van der Waals surface area contributed by atoms with Crippen LogP contribution in [0, 0.1) is 11.6 Å². The Balaban J connectivity index is 1.97. The second-order valence-corrected chi connectivity index (χ2v) is 4.08. The van der Waals surface area contributed by atoms with Gasteiger partial charge in [-0.15, -0.1) is 0 Å². The van der Waals surface area contributed by atoms with Crippen LogP contribution in [0.15, 0.2) is 47.6 Å². The summed E-state index contributed by atoms with van der Waals surface area (Å²) < 4.78 is 26.2. The molecule has 0 atom stereocenters. The van der Waals surface area contributed by atoms with E-state index in [1.54, 1.807) is 24.3 Å².